The second kappa shape index (κ2) is 9.35. The first-order chi connectivity index (χ1) is 11.1. The van der Waals surface area contributed by atoms with Gasteiger partial charge in [0.15, 0.2) is 6.10 Å². The average molecular weight is 336 g/mol. The molecule has 0 fully saturated rings. The summed E-state index contributed by atoms with van der Waals surface area (Å²) in [6.45, 7) is 12.3. The van der Waals surface area contributed by atoms with Crippen LogP contribution in [-0.2, 0) is 28.7 Å². The van der Waals surface area contributed by atoms with E-state index in [4.69, 9.17) is 9.47 Å². The summed E-state index contributed by atoms with van der Waals surface area (Å²) in [6.07, 6.45) is 1.50. The third-order valence-electron chi connectivity index (χ3n) is 2.91. The van der Waals surface area contributed by atoms with E-state index < -0.39 is 36.2 Å². The van der Waals surface area contributed by atoms with Crippen molar-refractivity contribution in [2.75, 3.05) is 6.61 Å². The van der Waals surface area contributed by atoms with Crippen molar-refractivity contribution in [2.45, 2.75) is 45.4 Å². The first-order valence-electron chi connectivity index (χ1n) is 6.92. The Morgan fingerprint density at radius 3 is 2.04 bits per heavy atom. The molecule has 0 N–H and O–H groups in total. The zero-order valence-corrected chi connectivity index (χ0v) is 14.1. The number of rotatable bonds is 9. The Bertz CT molecular complexity index is 624. The van der Waals surface area contributed by atoms with Crippen molar-refractivity contribution >= 4 is 24.1 Å². The lowest BCUT2D eigenvalue weighted by molar-refractivity contribution is -0.151. The predicted molar refractivity (Wildman–Crippen MR) is 84.6 cm³/mol. The van der Waals surface area contributed by atoms with Gasteiger partial charge < -0.3 is 9.47 Å². The van der Waals surface area contributed by atoms with Crippen molar-refractivity contribution in [2.24, 2.45) is 9.98 Å². The van der Waals surface area contributed by atoms with Gasteiger partial charge in [-0.25, -0.2) is 19.2 Å². The van der Waals surface area contributed by atoms with E-state index in [1.807, 2.05) is 0 Å². The SMILES string of the molecule is C=C(C)C(=O)OCC(N=C=O)C(OC(=O)C(=C)C)C(C)(C)N=C=O. The van der Waals surface area contributed by atoms with E-state index in [9.17, 15) is 19.2 Å². The molecule has 0 aromatic rings. The van der Waals surface area contributed by atoms with Gasteiger partial charge in [0.25, 0.3) is 0 Å². The van der Waals surface area contributed by atoms with E-state index in [0.29, 0.717) is 0 Å². The van der Waals surface area contributed by atoms with Gasteiger partial charge in [-0.3, -0.25) is 0 Å². The summed E-state index contributed by atoms with van der Waals surface area (Å²) < 4.78 is 10.2. The Morgan fingerprint density at radius 1 is 1.08 bits per heavy atom. The quantitative estimate of drug-likeness (QED) is 0.272. The molecule has 0 spiro atoms. The Hall–Kier alpha value is -2.82. The van der Waals surface area contributed by atoms with Crippen molar-refractivity contribution in [1.82, 2.24) is 0 Å². The van der Waals surface area contributed by atoms with Gasteiger partial charge in [0.2, 0.25) is 12.2 Å². The summed E-state index contributed by atoms with van der Waals surface area (Å²) in [5.74, 6) is -1.48. The van der Waals surface area contributed by atoms with Crippen molar-refractivity contribution in [3.8, 4) is 0 Å². The fraction of sp³-hybridized carbons (Fsp3) is 0.500. The summed E-state index contributed by atoms with van der Waals surface area (Å²) >= 11 is 0. The molecule has 2 atom stereocenters. The number of nitrogens with zero attached hydrogens (tertiary/aromatic N) is 2. The maximum absolute atomic E-state index is 11.8. The fourth-order valence-electron chi connectivity index (χ4n) is 1.64. The lowest BCUT2D eigenvalue weighted by Crippen LogP contribution is -2.48. The average Bonchev–Trinajstić information content (AvgIpc) is 2.48. The molecule has 0 aliphatic carbocycles. The number of hydrogen-bond acceptors (Lipinski definition) is 8. The van der Waals surface area contributed by atoms with Crippen LogP contribution in [0, 0.1) is 0 Å². The Balaban J connectivity index is 5.65. The van der Waals surface area contributed by atoms with Crippen LogP contribution in [0.4, 0.5) is 0 Å². The highest BCUT2D eigenvalue weighted by atomic mass is 16.6. The van der Waals surface area contributed by atoms with Gasteiger partial charge in [0, 0.05) is 11.1 Å². The van der Waals surface area contributed by atoms with Crippen LogP contribution < -0.4 is 0 Å². The molecule has 0 saturated carbocycles. The largest absolute Gasteiger partial charge is 0.460 e. The van der Waals surface area contributed by atoms with Gasteiger partial charge in [0.05, 0.1) is 0 Å². The highest BCUT2D eigenvalue weighted by Crippen LogP contribution is 2.24. The van der Waals surface area contributed by atoms with Gasteiger partial charge in [-0.2, -0.15) is 9.98 Å². The van der Waals surface area contributed by atoms with Gasteiger partial charge in [-0.15, -0.1) is 0 Å². The van der Waals surface area contributed by atoms with E-state index >= 15 is 0 Å². The number of aliphatic imine (C=N–C) groups is 2. The summed E-state index contributed by atoms with van der Waals surface area (Å²) in [5.41, 5.74) is -1.05. The lowest BCUT2D eigenvalue weighted by atomic mass is 9.92. The molecular formula is C16H20N2O6. The summed E-state index contributed by atoms with van der Waals surface area (Å²) in [6, 6.07) is -1.12. The Kier molecular flexibility index (Phi) is 8.25. The third-order valence-corrected chi connectivity index (χ3v) is 2.91. The minimum absolute atomic E-state index is 0.0960. The highest BCUT2D eigenvalue weighted by Gasteiger charge is 2.40. The van der Waals surface area contributed by atoms with Crippen molar-refractivity contribution in [1.29, 1.82) is 0 Å². The molecule has 0 aliphatic heterocycles. The molecule has 0 radical (unpaired) electrons. The van der Waals surface area contributed by atoms with E-state index in [0.717, 1.165) is 0 Å². The molecule has 0 heterocycles. The molecule has 0 saturated heterocycles. The smallest absolute Gasteiger partial charge is 0.333 e. The minimum Gasteiger partial charge on any atom is -0.460 e. The normalized spacial score (nSPS) is 12.7. The molecule has 2 unspecified atom stereocenters. The van der Waals surface area contributed by atoms with Crippen molar-refractivity contribution in [3.63, 3.8) is 0 Å². The monoisotopic (exact) mass is 336 g/mol. The summed E-state index contributed by atoms with van der Waals surface area (Å²) in [7, 11) is 0. The van der Waals surface area contributed by atoms with E-state index in [1.165, 1.54) is 39.9 Å². The van der Waals surface area contributed by atoms with Crippen LogP contribution in [0.3, 0.4) is 0 Å². The van der Waals surface area contributed by atoms with Crippen LogP contribution in [0.2, 0.25) is 0 Å². The van der Waals surface area contributed by atoms with E-state index in [2.05, 4.69) is 23.1 Å². The summed E-state index contributed by atoms with van der Waals surface area (Å²) in [4.78, 5) is 51.7. The fourth-order valence-corrected chi connectivity index (χ4v) is 1.64. The number of hydrogen-bond donors (Lipinski definition) is 0. The second-order valence-electron chi connectivity index (χ2n) is 5.63. The lowest BCUT2D eigenvalue weighted by Gasteiger charge is -2.32. The number of isocyanates is 2. The molecule has 0 rings (SSSR count). The Labute approximate surface area is 139 Å². The minimum atomic E-state index is -1.28. The number of carbonyl (C=O) groups is 2. The van der Waals surface area contributed by atoms with Gasteiger partial charge in [0.1, 0.15) is 18.2 Å². The zero-order chi connectivity index (χ0) is 18.9. The van der Waals surface area contributed by atoms with Crippen LogP contribution in [0.15, 0.2) is 34.3 Å². The zero-order valence-electron chi connectivity index (χ0n) is 14.1. The van der Waals surface area contributed by atoms with Crippen LogP contribution in [0.1, 0.15) is 27.7 Å². The first-order valence-corrected chi connectivity index (χ1v) is 6.92. The molecule has 8 nitrogen and oxygen atoms in total. The van der Waals surface area contributed by atoms with Crippen LogP contribution >= 0.6 is 0 Å². The highest BCUT2D eigenvalue weighted by molar-refractivity contribution is 5.87. The molecule has 0 aliphatic rings. The maximum Gasteiger partial charge on any atom is 0.333 e. The molecule has 24 heavy (non-hydrogen) atoms. The molecule has 130 valence electrons. The third kappa shape index (κ3) is 6.52. The predicted octanol–water partition coefficient (Wildman–Crippen LogP) is 1.41. The van der Waals surface area contributed by atoms with E-state index in [-0.39, 0.29) is 11.1 Å². The molecule has 0 bridgehead atoms. The van der Waals surface area contributed by atoms with Crippen molar-refractivity contribution < 1.29 is 28.7 Å². The van der Waals surface area contributed by atoms with Crippen LogP contribution in [-0.4, -0.2) is 48.4 Å². The number of ether oxygens (including phenoxy) is 2. The molecule has 8 heteroatoms. The Morgan fingerprint density at radius 2 is 1.62 bits per heavy atom. The first kappa shape index (κ1) is 21.2. The van der Waals surface area contributed by atoms with Crippen molar-refractivity contribution in [3.05, 3.63) is 24.3 Å². The standard InChI is InChI=1S/C16H20N2O6/c1-10(2)14(21)23-7-12(17-8-19)13(16(5,6)18-9-20)24-15(22)11(3)4/h12-13H,1,3,7H2,2,4-6H3. The summed E-state index contributed by atoms with van der Waals surface area (Å²) in [5, 5.41) is 0. The number of esters is 2. The van der Waals surface area contributed by atoms with Gasteiger partial charge in [-0.1, -0.05) is 13.2 Å². The van der Waals surface area contributed by atoms with Gasteiger partial charge >= 0.3 is 11.9 Å². The van der Waals surface area contributed by atoms with Crippen LogP contribution in [0.25, 0.3) is 0 Å². The van der Waals surface area contributed by atoms with E-state index in [1.54, 1.807) is 0 Å². The molecule has 0 aromatic carbocycles. The number of carbonyl (C=O) groups excluding carboxylic acids is 4. The molecular weight excluding hydrogens is 316 g/mol. The maximum atomic E-state index is 11.8. The molecule has 0 amide bonds. The molecule has 0 aromatic heterocycles. The van der Waals surface area contributed by atoms with Gasteiger partial charge in [-0.05, 0) is 27.7 Å². The topological polar surface area (TPSA) is 111 Å². The second-order valence-corrected chi connectivity index (χ2v) is 5.63. The van der Waals surface area contributed by atoms with Crippen LogP contribution in [0.5, 0.6) is 0 Å².